The van der Waals surface area contributed by atoms with Crippen LogP contribution in [-0.2, 0) is 5.75 Å². The zero-order chi connectivity index (χ0) is 21.5. The van der Waals surface area contributed by atoms with Crippen LogP contribution in [-0.4, -0.2) is 19.2 Å². The zero-order valence-electron chi connectivity index (χ0n) is 16.4. The molecule has 0 amide bonds. The lowest BCUT2D eigenvalue weighted by atomic mass is 10.2. The molecule has 0 saturated heterocycles. The van der Waals surface area contributed by atoms with E-state index in [1.807, 2.05) is 53.8 Å². The van der Waals surface area contributed by atoms with Gasteiger partial charge in [-0.05, 0) is 48.4 Å². The molecule has 0 aliphatic rings. The Bertz CT molecular complexity index is 1510. The smallest absolute Gasteiger partial charge is 0.267 e. The lowest BCUT2D eigenvalue weighted by molar-refractivity contribution is 0.627. The molecular weight excluding hydrogens is 435 g/mol. The molecule has 154 valence electrons. The summed E-state index contributed by atoms with van der Waals surface area (Å²) in [5.74, 6) is 0.545. The molecule has 31 heavy (non-hydrogen) atoms. The molecule has 0 atom stereocenters. The van der Waals surface area contributed by atoms with Crippen LogP contribution in [0.1, 0.15) is 11.1 Å². The number of thioether (sulfide) groups is 1. The van der Waals surface area contributed by atoms with Gasteiger partial charge >= 0.3 is 0 Å². The van der Waals surface area contributed by atoms with E-state index >= 15 is 0 Å². The van der Waals surface area contributed by atoms with Gasteiger partial charge in [-0.2, -0.15) is 0 Å². The second-order valence-corrected chi connectivity index (χ2v) is 8.44. The van der Waals surface area contributed by atoms with Crippen molar-refractivity contribution in [3.8, 4) is 5.69 Å². The largest absolute Gasteiger partial charge is 0.268 e. The van der Waals surface area contributed by atoms with E-state index in [9.17, 15) is 9.18 Å². The van der Waals surface area contributed by atoms with E-state index in [4.69, 9.17) is 11.6 Å². The Hall–Kier alpha value is -3.16. The molecule has 2 heterocycles. The van der Waals surface area contributed by atoms with Gasteiger partial charge in [-0.25, -0.2) is 8.96 Å². The van der Waals surface area contributed by atoms with E-state index in [0.29, 0.717) is 27.1 Å². The first-order chi connectivity index (χ1) is 15.0. The van der Waals surface area contributed by atoms with Gasteiger partial charge in [0.25, 0.3) is 5.56 Å². The minimum Gasteiger partial charge on any atom is -0.268 e. The standard InChI is InChI=1S/C23H16ClFN4OS/c1-14-6-2-4-8-19(14)28-21(30)17-7-3-5-9-20(17)29-22(28)26-27-23(29)31-13-15-10-11-16(25)12-18(15)24/h2-12H,13H2,1H3. The summed E-state index contributed by atoms with van der Waals surface area (Å²) in [6.07, 6.45) is 0. The third kappa shape index (κ3) is 3.40. The number of para-hydroxylation sites is 2. The van der Waals surface area contributed by atoms with Gasteiger partial charge in [-0.15, -0.1) is 10.2 Å². The van der Waals surface area contributed by atoms with E-state index in [0.717, 1.165) is 22.3 Å². The molecule has 0 spiro atoms. The molecule has 2 aromatic heterocycles. The minimum atomic E-state index is -0.375. The average molecular weight is 451 g/mol. The summed E-state index contributed by atoms with van der Waals surface area (Å²) in [4.78, 5) is 13.4. The normalized spacial score (nSPS) is 11.5. The maximum Gasteiger partial charge on any atom is 0.267 e. The van der Waals surface area contributed by atoms with Gasteiger partial charge in [-0.3, -0.25) is 9.20 Å². The van der Waals surface area contributed by atoms with Crippen molar-refractivity contribution < 1.29 is 4.39 Å². The predicted octanol–water partition coefficient (Wildman–Crippen LogP) is 5.43. The van der Waals surface area contributed by atoms with E-state index < -0.39 is 0 Å². The van der Waals surface area contributed by atoms with E-state index in [1.165, 1.54) is 23.9 Å². The van der Waals surface area contributed by atoms with Gasteiger partial charge < -0.3 is 0 Å². The van der Waals surface area contributed by atoms with Crippen LogP contribution in [0, 0.1) is 12.7 Å². The van der Waals surface area contributed by atoms with Gasteiger partial charge in [0.05, 0.1) is 16.6 Å². The van der Waals surface area contributed by atoms with Crippen LogP contribution in [0.25, 0.3) is 22.4 Å². The fourth-order valence-corrected chi connectivity index (χ4v) is 4.84. The molecule has 0 aliphatic heterocycles. The molecule has 3 aromatic carbocycles. The van der Waals surface area contributed by atoms with Crippen molar-refractivity contribution in [3.63, 3.8) is 0 Å². The van der Waals surface area contributed by atoms with E-state index in [1.54, 1.807) is 16.7 Å². The third-order valence-electron chi connectivity index (χ3n) is 5.12. The summed E-state index contributed by atoms with van der Waals surface area (Å²) < 4.78 is 16.8. The first-order valence-electron chi connectivity index (χ1n) is 9.56. The topological polar surface area (TPSA) is 52.2 Å². The molecule has 5 rings (SSSR count). The van der Waals surface area contributed by atoms with Crippen LogP contribution in [0.2, 0.25) is 5.02 Å². The van der Waals surface area contributed by atoms with Crippen LogP contribution in [0.15, 0.2) is 76.7 Å². The van der Waals surface area contributed by atoms with Crippen molar-refractivity contribution in [2.75, 3.05) is 0 Å². The molecular formula is C23H16ClFN4OS. The monoisotopic (exact) mass is 450 g/mol. The molecule has 8 heteroatoms. The predicted molar refractivity (Wildman–Crippen MR) is 122 cm³/mol. The molecule has 0 bridgehead atoms. The summed E-state index contributed by atoms with van der Waals surface area (Å²) in [6.45, 7) is 1.95. The first-order valence-corrected chi connectivity index (χ1v) is 10.9. The Morgan fingerprint density at radius 1 is 1.03 bits per heavy atom. The lowest BCUT2D eigenvalue weighted by Crippen LogP contribution is -2.22. The highest BCUT2D eigenvalue weighted by Gasteiger charge is 2.19. The Morgan fingerprint density at radius 3 is 2.61 bits per heavy atom. The number of benzene rings is 3. The van der Waals surface area contributed by atoms with Crippen molar-refractivity contribution >= 4 is 40.0 Å². The Kier molecular flexibility index (Phi) is 5.00. The number of fused-ring (bicyclic) bond motifs is 3. The summed E-state index contributed by atoms with van der Waals surface area (Å²) in [5.41, 5.74) is 3.08. The van der Waals surface area contributed by atoms with Gasteiger partial charge in [0, 0.05) is 10.8 Å². The number of halogens is 2. The summed E-state index contributed by atoms with van der Waals surface area (Å²) in [5, 5.41) is 10.3. The second-order valence-electron chi connectivity index (χ2n) is 7.09. The summed E-state index contributed by atoms with van der Waals surface area (Å²) in [7, 11) is 0. The molecule has 0 N–H and O–H groups in total. The maximum absolute atomic E-state index is 13.4. The fraction of sp³-hybridized carbons (Fsp3) is 0.0870. The Morgan fingerprint density at radius 2 is 1.81 bits per heavy atom. The maximum atomic E-state index is 13.4. The highest BCUT2D eigenvalue weighted by Crippen LogP contribution is 2.29. The van der Waals surface area contributed by atoms with Crippen molar-refractivity contribution in [1.29, 1.82) is 0 Å². The Balaban J connectivity index is 1.72. The number of nitrogens with zero attached hydrogens (tertiary/aromatic N) is 4. The molecule has 0 saturated carbocycles. The van der Waals surface area contributed by atoms with Gasteiger partial charge in [-0.1, -0.05) is 59.8 Å². The lowest BCUT2D eigenvalue weighted by Gasteiger charge is -2.13. The average Bonchev–Trinajstić information content (AvgIpc) is 3.18. The molecule has 0 radical (unpaired) electrons. The Labute approximate surface area is 186 Å². The van der Waals surface area contributed by atoms with Crippen molar-refractivity contribution in [2.45, 2.75) is 17.8 Å². The molecule has 5 aromatic rings. The molecule has 0 aliphatic carbocycles. The number of aryl methyl sites for hydroxylation is 1. The van der Waals surface area contributed by atoms with Crippen LogP contribution in [0.5, 0.6) is 0 Å². The summed E-state index contributed by atoms with van der Waals surface area (Å²) >= 11 is 7.61. The highest BCUT2D eigenvalue weighted by atomic mass is 35.5. The van der Waals surface area contributed by atoms with Gasteiger partial charge in [0.15, 0.2) is 5.16 Å². The number of hydrogen-bond donors (Lipinski definition) is 0. The van der Waals surface area contributed by atoms with Crippen LogP contribution in [0.3, 0.4) is 0 Å². The van der Waals surface area contributed by atoms with Crippen LogP contribution < -0.4 is 5.56 Å². The van der Waals surface area contributed by atoms with Gasteiger partial charge in [0.2, 0.25) is 5.78 Å². The molecule has 5 nitrogen and oxygen atoms in total. The zero-order valence-corrected chi connectivity index (χ0v) is 18.0. The van der Waals surface area contributed by atoms with Crippen molar-refractivity contribution in [3.05, 3.63) is 99.1 Å². The SMILES string of the molecule is Cc1ccccc1-n1c(=O)c2ccccc2n2c(SCc3ccc(F)cc3Cl)nnc12. The number of aromatic nitrogens is 4. The van der Waals surface area contributed by atoms with Crippen LogP contribution in [0.4, 0.5) is 4.39 Å². The van der Waals surface area contributed by atoms with Crippen molar-refractivity contribution in [2.24, 2.45) is 0 Å². The molecule has 0 unspecified atom stereocenters. The van der Waals surface area contributed by atoms with Gasteiger partial charge in [0.1, 0.15) is 5.82 Å². The number of hydrogen-bond acceptors (Lipinski definition) is 4. The quantitative estimate of drug-likeness (QED) is 0.343. The van der Waals surface area contributed by atoms with Crippen molar-refractivity contribution in [1.82, 2.24) is 19.2 Å². The fourth-order valence-electron chi connectivity index (χ4n) is 3.58. The summed E-state index contributed by atoms with van der Waals surface area (Å²) in [6, 6.07) is 19.4. The first kappa shape index (κ1) is 19.8. The molecule has 0 fully saturated rings. The third-order valence-corrected chi connectivity index (χ3v) is 6.45. The second kappa shape index (κ2) is 7.83. The number of rotatable bonds is 4. The van der Waals surface area contributed by atoms with Crippen LogP contribution >= 0.6 is 23.4 Å². The minimum absolute atomic E-state index is 0.150. The van der Waals surface area contributed by atoms with E-state index in [2.05, 4.69) is 10.2 Å². The highest BCUT2D eigenvalue weighted by molar-refractivity contribution is 7.98. The van der Waals surface area contributed by atoms with E-state index in [-0.39, 0.29) is 11.4 Å².